The standard InChI is InChI=1S/C15H11Br2N3/c16-10-6-9-2-1-3-14(15(9)19-8-10)20-13-5-4-11(18)7-12(13)17/h1-8,20H,18H2. The molecule has 1 aromatic heterocycles. The third-order valence-electron chi connectivity index (χ3n) is 2.94. The van der Waals surface area contributed by atoms with Gasteiger partial charge in [0, 0.05) is 26.2 Å². The number of fused-ring (bicyclic) bond motifs is 1. The highest BCUT2D eigenvalue weighted by Crippen LogP contribution is 2.31. The van der Waals surface area contributed by atoms with Crippen LogP contribution >= 0.6 is 31.9 Å². The average Bonchev–Trinajstić information content (AvgIpc) is 2.41. The van der Waals surface area contributed by atoms with Gasteiger partial charge in [0.25, 0.3) is 0 Å². The van der Waals surface area contributed by atoms with Gasteiger partial charge in [0.05, 0.1) is 16.9 Å². The Balaban J connectivity index is 2.06. The molecule has 3 rings (SSSR count). The van der Waals surface area contributed by atoms with Gasteiger partial charge in [-0.25, -0.2) is 0 Å². The van der Waals surface area contributed by atoms with E-state index in [-0.39, 0.29) is 0 Å². The molecule has 20 heavy (non-hydrogen) atoms. The number of pyridine rings is 1. The summed E-state index contributed by atoms with van der Waals surface area (Å²) in [6.07, 6.45) is 1.80. The van der Waals surface area contributed by atoms with Gasteiger partial charge in [0.2, 0.25) is 0 Å². The maximum atomic E-state index is 5.75. The molecule has 2 aromatic carbocycles. The van der Waals surface area contributed by atoms with E-state index in [1.165, 1.54) is 0 Å². The number of nitrogens with two attached hydrogens (primary N) is 1. The zero-order valence-electron chi connectivity index (χ0n) is 10.4. The van der Waals surface area contributed by atoms with Gasteiger partial charge in [0.1, 0.15) is 0 Å². The summed E-state index contributed by atoms with van der Waals surface area (Å²) in [4.78, 5) is 4.47. The predicted molar refractivity (Wildman–Crippen MR) is 91.3 cm³/mol. The van der Waals surface area contributed by atoms with Gasteiger partial charge >= 0.3 is 0 Å². The van der Waals surface area contributed by atoms with Crippen molar-refractivity contribution in [2.24, 2.45) is 0 Å². The average molecular weight is 393 g/mol. The number of benzene rings is 2. The van der Waals surface area contributed by atoms with Crippen LogP contribution in [0.25, 0.3) is 10.9 Å². The third kappa shape index (κ3) is 2.64. The molecule has 0 atom stereocenters. The molecule has 3 N–H and O–H groups in total. The smallest absolute Gasteiger partial charge is 0.0937 e. The number of nitrogen functional groups attached to an aromatic ring is 1. The van der Waals surface area contributed by atoms with E-state index in [2.05, 4.69) is 42.2 Å². The summed E-state index contributed by atoms with van der Waals surface area (Å²) in [5, 5.41) is 4.46. The molecular formula is C15H11Br2N3. The minimum absolute atomic E-state index is 0.724. The van der Waals surface area contributed by atoms with E-state index < -0.39 is 0 Å². The lowest BCUT2D eigenvalue weighted by Crippen LogP contribution is -1.95. The van der Waals surface area contributed by atoms with Crippen molar-refractivity contribution in [2.45, 2.75) is 0 Å². The van der Waals surface area contributed by atoms with Gasteiger partial charge in [-0.05, 0) is 62.2 Å². The second kappa shape index (κ2) is 5.42. The molecule has 0 unspecified atom stereocenters. The molecule has 1 heterocycles. The molecule has 3 aromatic rings. The van der Waals surface area contributed by atoms with E-state index in [4.69, 9.17) is 5.73 Å². The zero-order chi connectivity index (χ0) is 14.1. The number of nitrogens with zero attached hydrogens (tertiary/aromatic N) is 1. The molecular weight excluding hydrogens is 382 g/mol. The van der Waals surface area contributed by atoms with Crippen molar-refractivity contribution in [3.63, 3.8) is 0 Å². The van der Waals surface area contributed by atoms with E-state index in [0.29, 0.717) is 0 Å². The maximum Gasteiger partial charge on any atom is 0.0937 e. The van der Waals surface area contributed by atoms with E-state index in [1.54, 1.807) is 6.20 Å². The fourth-order valence-electron chi connectivity index (χ4n) is 2.01. The van der Waals surface area contributed by atoms with Crippen molar-refractivity contribution in [3.05, 3.63) is 57.6 Å². The first-order chi connectivity index (χ1) is 9.63. The SMILES string of the molecule is Nc1ccc(Nc2cccc3cc(Br)cnc23)c(Br)c1. The molecule has 0 aliphatic rings. The molecule has 3 nitrogen and oxygen atoms in total. The molecule has 0 amide bonds. The normalized spacial score (nSPS) is 10.7. The summed E-state index contributed by atoms with van der Waals surface area (Å²) >= 11 is 6.95. The third-order valence-corrected chi connectivity index (χ3v) is 4.03. The monoisotopic (exact) mass is 391 g/mol. The Morgan fingerprint density at radius 1 is 1.00 bits per heavy atom. The quantitative estimate of drug-likeness (QED) is 0.597. The van der Waals surface area contributed by atoms with Crippen molar-refractivity contribution < 1.29 is 0 Å². The van der Waals surface area contributed by atoms with Crippen molar-refractivity contribution in [3.8, 4) is 0 Å². The Kier molecular flexibility index (Phi) is 3.63. The van der Waals surface area contributed by atoms with Gasteiger partial charge in [-0.3, -0.25) is 4.98 Å². The number of para-hydroxylation sites is 1. The summed E-state index contributed by atoms with van der Waals surface area (Å²) in [5.74, 6) is 0. The Labute approximate surface area is 133 Å². The molecule has 0 aliphatic carbocycles. The second-order valence-corrected chi connectivity index (χ2v) is 6.17. The maximum absolute atomic E-state index is 5.75. The number of anilines is 3. The molecule has 0 saturated heterocycles. The van der Waals surface area contributed by atoms with E-state index in [9.17, 15) is 0 Å². The lowest BCUT2D eigenvalue weighted by molar-refractivity contribution is 1.38. The summed E-state index contributed by atoms with van der Waals surface area (Å²) < 4.78 is 1.89. The lowest BCUT2D eigenvalue weighted by Gasteiger charge is -2.11. The number of nitrogens with one attached hydrogen (secondary N) is 1. The highest BCUT2D eigenvalue weighted by atomic mass is 79.9. The molecule has 0 radical (unpaired) electrons. The van der Waals surface area contributed by atoms with Crippen LogP contribution in [-0.2, 0) is 0 Å². The Hall–Kier alpha value is -1.59. The van der Waals surface area contributed by atoms with Crippen LogP contribution in [0.4, 0.5) is 17.1 Å². The fourth-order valence-corrected chi connectivity index (χ4v) is 2.86. The van der Waals surface area contributed by atoms with Gasteiger partial charge < -0.3 is 11.1 Å². The minimum Gasteiger partial charge on any atom is -0.399 e. The van der Waals surface area contributed by atoms with Crippen LogP contribution in [0.3, 0.4) is 0 Å². The lowest BCUT2D eigenvalue weighted by atomic mass is 10.2. The number of hydrogen-bond donors (Lipinski definition) is 2. The number of aromatic nitrogens is 1. The number of rotatable bonds is 2. The largest absolute Gasteiger partial charge is 0.399 e. The van der Waals surface area contributed by atoms with Crippen LogP contribution in [0.1, 0.15) is 0 Å². The van der Waals surface area contributed by atoms with Gasteiger partial charge in [-0.1, -0.05) is 12.1 Å². The number of hydrogen-bond acceptors (Lipinski definition) is 3. The topological polar surface area (TPSA) is 50.9 Å². The second-order valence-electron chi connectivity index (χ2n) is 4.40. The summed E-state index contributed by atoms with van der Waals surface area (Å²) in [6.45, 7) is 0. The van der Waals surface area contributed by atoms with Crippen molar-refractivity contribution in [1.29, 1.82) is 0 Å². The van der Waals surface area contributed by atoms with Crippen LogP contribution in [0, 0.1) is 0 Å². The van der Waals surface area contributed by atoms with Gasteiger partial charge in [-0.2, -0.15) is 0 Å². The van der Waals surface area contributed by atoms with Crippen LogP contribution in [0.5, 0.6) is 0 Å². The first-order valence-corrected chi connectivity index (χ1v) is 7.58. The Morgan fingerprint density at radius 2 is 1.85 bits per heavy atom. The van der Waals surface area contributed by atoms with Crippen molar-refractivity contribution >= 4 is 59.8 Å². The molecule has 0 fully saturated rings. The predicted octanol–water partition coefficient (Wildman–Crippen LogP) is 5.09. The molecule has 0 spiro atoms. The molecule has 5 heteroatoms. The highest BCUT2D eigenvalue weighted by molar-refractivity contribution is 9.10. The van der Waals surface area contributed by atoms with Crippen LogP contribution in [0.2, 0.25) is 0 Å². The number of halogens is 2. The van der Waals surface area contributed by atoms with Crippen LogP contribution in [0.15, 0.2) is 57.6 Å². The Bertz CT molecular complexity index is 787. The van der Waals surface area contributed by atoms with E-state index in [0.717, 1.165) is 36.9 Å². The van der Waals surface area contributed by atoms with Gasteiger partial charge in [-0.15, -0.1) is 0 Å². The Morgan fingerprint density at radius 3 is 2.65 bits per heavy atom. The van der Waals surface area contributed by atoms with Gasteiger partial charge in [0.15, 0.2) is 0 Å². The molecule has 100 valence electrons. The minimum atomic E-state index is 0.724. The molecule has 0 aliphatic heterocycles. The fraction of sp³-hybridized carbons (Fsp3) is 0. The van der Waals surface area contributed by atoms with Crippen LogP contribution in [-0.4, -0.2) is 4.98 Å². The first-order valence-electron chi connectivity index (χ1n) is 6.00. The van der Waals surface area contributed by atoms with Crippen LogP contribution < -0.4 is 11.1 Å². The summed E-state index contributed by atoms with van der Waals surface area (Å²) in [5.41, 5.74) is 9.32. The highest BCUT2D eigenvalue weighted by Gasteiger charge is 2.05. The van der Waals surface area contributed by atoms with Crippen molar-refractivity contribution in [1.82, 2.24) is 4.98 Å². The van der Waals surface area contributed by atoms with Crippen molar-refractivity contribution in [2.75, 3.05) is 11.1 Å². The summed E-state index contributed by atoms with van der Waals surface area (Å²) in [7, 11) is 0. The zero-order valence-corrected chi connectivity index (χ0v) is 13.6. The molecule has 0 bridgehead atoms. The van der Waals surface area contributed by atoms with E-state index in [1.807, 2.05) is 42.5 Å². The first kappa shape index (κ1) is 13.4. The molecule has 0 saturated carbocycles. The van der Waals surface area contributed by atoms with E-state index >= 15 is 0 Å². The summed E-state index contributed by atoms with van der Waals surface area (Å²) in [6, 6.07) is 13.8.